The lowest BCUT2D eigenvalue weighted by Gasteiger charge is -2.56. The predicted octanol–water partition coefficient (Wildman–Crippen LogP) is 3.38. The molecule has 1 atom stereocenters. The van der Waals surface area contributed by atoms with Crippen molar-refractivity contribution in [2.45, 2.75) is 70.9 Å². The molecular weight excluding hydrogens is 286 g/mol. The molecule has 1 aromatic heterocycles. The monoisotopic (exact) mass is 315 g/mol. The smallest absolute Gasteiger partial charge is 0.220 e. The fourth-order valence-electron chi connectivity index (χ4n) is 6.00. The molecular formula is C19H29N3O. The zero-order valence-electron chi connectivity index (χ0n) is 14.2. The summed E-state index contributed by atoms with van der Waals surface area (Å²) in [5.41, 5.74) is 0.348. The van der Waals surface area contributed by atoms with E-state index in [1.54, 1.807) is 6.20 Å². The predicted molar refractivity (Wildman–Crippen MR) is 89.7 cm³/mol. The Balaban J connectivity index is 1.28. The largest absolute Gasteiger partial charge is 0.354 e. The summed E-state index contributed by atoms with van der Waals surface area (Å²) in [6.45, 7) is 2.98. The second kappa shape index (κ2) is 5.95. The molecule has 4 aliphatic rings. The number of hydrogen-bond acceptors (Lipinski definition) is 2. The molecule has 0 radical (unpaired) electrons. The quantitative estimate of drug-likeness (QED) is 0.875. The second-order valence-corrected chi connectivity index (χ2v) is 8.62. The van der Waals surface area contributed by atoms with E-state index in [9.17, 15) is 4.79 Å². The zero-order chi connectivity index (χ0) is 15.9. The molecule has 126 valence electrons. The molecule has 0 saturated heterocycles. The first-order chi connectivity index (χ1) is 11.1. The first kappa shape index (κ1) is 15.2. The molecule has 4 nitrogen and oxygen atoms in total. The van der Waals surface area contributed by atoms with Crippen molar-refractivity contribution in [3.05, 3.63) is 18.5 Å². The van der Waals surface area contributed by atoms with Gasteiger partial charge in [-0.3, -0.25) is 9.48 Å². The summed E-state index contributed by atoms with van der Waals surface area (Å²) < 4.78 is 1.93. The van der Waals surface area contributed by atoms with Crippen molar-refractivity contribution < 1.29 is 4.79 Å². The van der Waals surface area contributed by atoms with Crippen molar-refractivity contribution in [2.75, 3.05) is 0 Å². The third kappa shape index (κ3) is 3.31. The van der Waals surface area contributed by atoms with Gasteiger partial charge in [0.2, 0.25) is 5.91 Å². The van der Waals surface area contributed by atoms with Crippen LogP contribution in [0.4, 0.5) is 0 Å². The highest BCUT2D eigenvalue weighted by molar-refractivity contribution is 5.77. The molecule has 4 aliphatic carbocycles. The minimum Gasteiger partial charge on any atom is -0.354 e. The van der Waals surface area contributed by atoms with Gasteiger partial charge in [0, 0.05) is 31.4 Å². The summed E-state index contributed by atoms with van der Waals surface area (Å²) in [6, 6.07) is 2.16. The molecule has 1 amide bonds. The van der Waals surface area contributed by atoms with E-state index < -0.39 is 0 Å². The van der Waals surface area contributed by atoms with Crippen LogP contribution in [0.1, 0.15) is 58.3 Å². The van der Waals surface area contributed by atoms with Gasteiger partial charge in [-0.1, -0.05) is 0 Å². The minimum atomic E-state index is 0.223. The van der Waals surface area contributed by atoms with Gasteiger partial charge in [0.05, 0.1) is 0 Å². The van der Waals surface area contributed by atoms with Crippen LogP contribution in [-0.2, 0) is 11.3 Å². The van der Waals surface area contributed by atoms with E-state index in [4.69, 9.17) is 0 Å². The molecule has 1 N–H and O–H groups in total. The number of rotatable bonds is 6. The molecule has 4 fully saturated rings. The van der Waals surface area contributed by atoms with Gasteiger partial charge in [0.25, 0.3) is 0 Å². The Bertz CT molecular complexity index is 516. The highest BCUT2D eigenvalue weighted by atomic mass is 16.1. The Morgan fingerprint density at radius 2 is 1.91 bits per heavy atom. The zero-order valence-corrected chi connectivity index (χ0v) is 14.2. The van der Waals surface area contributed by atoms with Crippen molar-refractivity contribution in [1.29, 1.82) is 0 Å². The fraction of sp³-hybridized carbons (Fsp3) is 0.789. The lowest BCUT2D eigenvalue weighted by molar-refractivity contribution is -0.130. The van der Waals surface area contributed by atoms with Crippen molar-refractivity contribution >= 4 is 5.91 Å². The normalized spacial score (nSPS) is 36.1. The molecule has 1 aromatic rings. The van der Waals surface area contributed by atoms with Gasteiger partial charge < -0.3 is 5.32 Å². The number of aryl methyl sites for hydroxylation is 1. The molecule has 1 heterocycles. The van der Waals surface area contributed by atoms with Crippen LogP contribution in [0.25, 0.3) is 0 Å². The van der Waals surface area contributed by atoms with Gasteiger partial charge in [-0.05, 0) is 81.1 Å². The van der Waals surface area contributed by atoms with Crippen molar-refractivity contribution in [2.24, 2.45) is 23.2 Å². The van der Waals surface area contributed by atoms with Crippen molar-refractivity contribution in [3.8, 4) is 0 Å². The van der Waals surface area contributed by atoms with Crippen LogP contribution in [0, 0.1) is 23.2 Å². The van der Waals surface area contributed by atoms with Gasteiger partial charge in [0.15, 0.2) is 0 Å². The molecule has 0 aliphatic heterocycles. The molecule has 4 saturated carbocycles. The van der Waals surface area contributed by atoms with Gasteiger partial charge in [-0.25, -0.2) is 0 Å². The van der Waals surface area contributed by atoms with E-state index in [2.05, 4.69) is 17.3 Å². The molecule has 4 heteroatoms. The van der Waals surface area contributed by atoms with Crippen LogP contribution in [0.3, 0.4) is 0 Å². The van der Waals surface area contributed by atoms with Crippen molar-refractivity contribution in [1.82, 2.24) is 15.1 Å². The Morgan fingerprint density at radius 1 is 1.26 bits per heavy atom. The maximum Gasteiger partial charge on any atom is 0.220 e. The minimum absolute atomic E-state index is 0.223. The lowest BCUT2D eigenvalue weighted by Crippen LogP contribution is -2.48. The lowest BCUT2D eigenvalue weighted by atomic mass is 9.49. The van der Waals surface area contributed by atoms with Gasteiger partial charge in [-0.15, -0.1) is 0 Å². The van der Waals surface area contributed by atoms with Crippen LogP contribution < -0.4 is 5.32 Å². The SMILES string of the molecule is C[C@H](CCn1cccn1)NC(=O)CC12CC3CC(CC(C3)C1)C2. The first-order valence-electron chi connectivity index (χ1n) is 9.37. The summed E-state index contributed by atoms with van der Waals surface area (Å²) in [5.74, 6) is 3.05. The maximum absolute atomic E-state index is 12.6. The van der Waals surface area contributed by atoms with Crippen LogP contribution >= 0.6 is 0 Å². The molecule has 5 rings (SSSR count). The van der Waals surface area contributed by atoms with Crippen LogP contribution in [-0.4, -0.2) is 21.7 Å². The maximum atomic E-state index is 12.6. The van der Waals surface area contributed by atoms with Gasteiger partial charge in [-0.2, -0.15) is 5.10 Å². The number of hydrogen-bond donors (Lipinski definition) is 1. The third-order valence-corrected chi connectivity index (χ3v) is 6.46. The number of carbonyl (C=O) groups excluding carboxylic acids is 1. The van der Waals surface area contributed by atoms with E-state index in [1.165, 1.54) is 38.5 Å². The number of carbonyl (C=O) groups is 1. The summed E-state index contributed by atoms with van der Waals surface area (Å²) in [5, 5.41) is 7.46. The fourth-order valence-corrected chi connectivity index (χ4v) is 6.00. The highest BCUT2D eigenvalue weighted by Crippen LogP contribution is 2.61. The average Bonchev–Trinajstić information content (AvgIpc) is 2.96. The van der Waals surface area contributed by atoms with Crippen molar-refractivity contribution in [3.63, 3.8) is 0 Å². The second-order valence-electron chi connectivity index (χ2n) is 8.62. The summed E-state index contributed by atoms with van der Waals surface area (Å²) in [7, 11) is 0. The molecule has 0 spiro atoms. The number of aromatic nitrogens is 2. The van der Waals surface area contributed by atoms with Gasteiger partial charge >= 0.3 is 0 Å². The average molecular weight is 315 g/mol. The van der Waals surface area contributed by atoms with E-state index in [1.807, 2.05) is 16.9 Å². The summed E-state index contributed by atoms with van der Waals surface area (Å²) in [4.78, 5) is 12.6. The van der Waals surface area contributed by atoms with Crippen LogP contribution in [0.15, 0.2) is 18.5 Å². The number of nitrogens with one attached hydrogen (secondary N) is 1. The highest BCUT2D eigenvalue weighted by Gasteiger charge is 2.51. The number of nitrogens with zero attached hydrogens (tertiary/aromatic N) is 2. The van der Waals surface area contributed by atoms with E-state index in [0.717, 1.165) is 37.1 Å². The standard InChI is InChI=1S/C19H29N3O/c1-14(3-6-22-5-2-4-20-22)21-18(23)13-19-10-15-7-16(11-19)9-17(8-15)12-19/h2,4-5,14-17H,3,6-13H2,1H3,(H,21,23)/t14-,15?,16?,17?,19?/m1/s1. The summed E-state index contributed by atoms with van der Waals surface area (Å²) in [6.07, 6.45) is 13.8. The van der Waals surface area contributed by atoms with E-state index >= 15 is 0 Å². The van der Waals surface area contributed by atoms with E-state index in [-0.39, 0.29) is 11.9 Å². The number of amides is 1. The van der Waals surface area contributed by atoms with Gasteiger partial charge in [0.1, 0.15) is 0 Å². The Kier molecular flexibility index (Phi) is 3.94. The Hall–Kier alpha value is -1.32. The third-order valence-electron chi connectivity index (χ3n) is 6.46. The molecule has 4 bridgehead atoms. The Labute approximate surface area is 139 Å². The van der Waals surface area contributed by atoms with Crippen LogP contribution in [0.2, 0.25) is 0 Å². The topological polar surface area (TPSA) is 46.9 Å². The van der Waals surface area contributed by atoms with E-state index in [0.29, 0.717) is 5.41 Å². The molecule has 0 unspecified atom stereocenters. The molecule has 0 aromatic carbocycles. The summed E-state index contributed by atoms with van der Waals surface area (Å²) >= 11 is 0. The van der Waals surface area contributed by atoms with Crippen LogP contribution in [0.5, 0.6) is 0 Å². The first-order valence-corrected chi connectivity index (χ1v) is 9.37. The molecule has 23 heavy (non-hydrogen) atoms. The Morgan fingerprint density at radius 3 is 2.48 bits per heavy atom.